The summed E-state index contributed by atoms with van der Waals surface area (Å²) in [6.45, 7) is 9.37. The Labute approximate surface area is 195 Å². The number of ether oxygens (including phenoxy) is 1. The molecule has 33 heavy (non-hydrogen) atoms. The van der Waals surface area contributed by atoms with Gasteiger partial charge in [-0.1, -0.05) is 6.92 Å². The van der Waals surface area contributed by atoms with Crippen LogP contribution in [0.1, 0.15) is 42.8 Å². The van der Waals surface area contributed by atoms with Crippen LogP contribution in [0.15, 0.2) is 47.0 Å². The Bertz CT molecular complexity index is 1100. The Balaban J connectivity index is 1.27. The van der Waals surface area contributed by atoms with Crippen LogP contribution in [0, 0.1) is 5.92 Å². The van der Waals surface area contributed by atoms with Gasteiger partial charge in [-0.3, -0.25) is 14.7 Å². The lowest BCUT2D eigenvalue weighted by Gasteiger charge is -2.36. The fraction of sp³-hybridized carbons (Fsp3) is 0.481. The number of amides is 1. The van der Waals surface area contributed by atoms with Crippen LogP contribution < -0.4 is 0 Å². The highest BCUT2D eigenvalue weighted by Crippen LogP contribution is 2.27. The summed E-state index contributed by atoms with van der Waals surface area (Å²) in [4.78, 5) is 21.6. The second kappa shape index (κ2) is 9.65. The minimum absolute atomic E-state index is 0.0182. The summed E-state index contributed by atoms with van der Waals surface area (Å²) in [5, 5.41) is 1.10. The average Bonchev–Trinajstić information content (AvgIpc) is 3.27. The lowest BCUT2D eigenvalue weighted by molar-refractivity contribution is 0.0302. The molecule has 0 N–H and O–H groups in total. The molecule has 3 aromatic rings. The molecule has 174 valence electrons. The standard InChI is InChI=1S/C27H33N3O3/c1-19-3-4-20(2)30(18-19)10-9-24-16-23-15-21(6-8-26(23)33-24)25-7-5-22(17-28-25)27(31)29-11-13-32-14-12-29/h5-8,15-17,19-20H,3-4,9-14,18H2,1-2H3/t19?,20-/m1/s1. The lowest BCUT2D eigenvalue weighted by Crippen LogP contribution is -2.42. The van der Waals surface area contributed by atoms with Crippen LogP contribution in [-0.2, 0) is 11.2 Å². The maximum Gasteiger partial charge on any atom is 0.255 e. The number of hydrogen-bond donors (Lipinski definition) is 0. The van der Waals surface area contributed by atoms with Gasteiger partial charge in [-0.25, -0.2) is 0 Å². The predicted octanol–water partition coefficient (Wildman–Crippen LogP) is 4.63. The number of carbonyl (C=O) groups excluding carboxylic acids is 1. The molecule has 4 heterocycles. The number of likely N-dealkylation sites (tertiary alicyclic amines) is 1. The highest BCUT2D eigenvalue weighted by Gasteiger charge is 2.23. The van der Waals surface area contributed by atoms with E-state index in [0.29, 0.717) is 37.9 Å². The van der Waals surface area contributed by atoms with E-state index in [4.69, 9.17) is 9.15 Å². The average molecular weight is 448 g/mol. The van der Waals surface area contributed by atoms with E-state index >= 15 is 0 Å². The van der Waals surface area contributed by atoms with Gasteiger partial charge < -0.3 is 14.1 Å². The van der Waals surface area contributed by atoms with Crippen LogP contribution in [0.5, 0.6) is 0 Å². The van der Waals surface area contributed by atoms with E-state index in [9.17, 15) is 4.79 Å². The summed E-state index contributed by atoms with van der Waals surface area (Å²) in [5.74, 6) is 1.83. The van der Waals surface area contributed by atoms with Crippen molar-refractivity contribution in [2.75, 3.05) is 39.4 Å². The fourth-order valence-electron chi connectivity index (χ4n) is 4.97. The quantitative estimate of drug-likeness (QED) is 0.571. The third kappa shape index (κ3) is 4.97. The van der Waals surface area contributed by atoms with E-state index in [1.165, 1.54) is 19.4 Å². The van der Waals surface area contributed by atoms with Crippen LogP contribution in [-0.4, -0.2) is 66.1 Å². The molecule has 2 aliphatic rings. The molecular formula is C27H33N3O3. The van der Waals surface area contributed by atoms with Gasteiger partial charge in [0, 0.05) is 55.8 Å². The number of piperidine rings is 1. The number of hydrogen-bond acceptors (Lipinski definition) is 5. The fourth-order valence-corrected chi connectivity index (χ4v) is 4.97. The molecule has 2 aliphatic heterocycles. The van der Waals surface area contributed by atoms with Crippen LogP contribution in [0.2, 0.25) is 0 Å². The normalized spacial score (nSPS) is 22.1. The second-order valence-electron chi connectivity index (χ2n) is 9.58. The van der Waals surface area contributed by atoms with Crippen molar-refractivity contribution in [2.24, 2.45) is 5.92 Å². The summed E-state index contributed by atoms with van der Waals surface area (Å²) < 4.78 is 11.5. The molecule has 2 saturated heterocycles. The highest BCUT2D eigenvalue weighted by molar-refractivity contribution is 5.94. The Hall–Kier alpha value is -2.70. The first-order valence-electron chi connectivity index (χ1n) is 12.2. The first-order valence-corrected chi connectivity index (χ1v) is 12.2. The second-order valence-corrected chi connectivity index (χ2v) is 9.58. The number of aromatic nitrogens is 1. The summed E-state index contributed by atoms with van der Waals surface area (Å²) in [6.07, 6.45) is 5.23. The molecule has 6 heteroatoms. The Kier molecular flexibility index (Phi) is 6.47. The molecule has 0 aliphatic carbocycles. The van der Waals surface area contributed by atoms with Gasteiger partial charge in [0.1, 0.15) is 11.3 Å². The molecule has 2 atom stereocenters. The first-order chi connectivity index (χ1) is 16.1. The molecule has 0 saturated carbocycles. The third-order valence-electron chi connectivity index (χ3n) is 7.06. The molecule has 1 aromatic carbocycles. The molecule has 5 rings (SSSR count). The van der Waals surface area contributed by atoms with Gasteiger partial charge in [0.05, 0.1) is 24.5 Å². The molecule has 2 fully saturated rings. The lowest BCUT2D eigenvalue weighted by atomic mass is 9.95. The van der Waals surface area contributed by atoms with Gasteiger partial charge in [0.2, 0.25) is 0 Å². The summed E-state index contributed by atoms with van der Waals surface area (Å²) in [5.41, 5.74) is 3.41. The molecular weight excluding hydrogens is 414 g/mol. The first kappa shape index (κ1) is 22.1. The Morgan fingerprint density at radius 1 is 1.09 bits per heavy atom. The SMILES string of the molecule is CC1CC[C@@H](C)N(CCc2cc3cc(-c4ccc(C(=O)N5CCOCC5)cn4)ccc3o2)C1. The van der Waals surface area contributed by atoms with E-state index in [0.717, 1.165) is 46.9 Å². The zero-order valence-electron chi connectivity index (χ0n) is 19.6. The van der Waals surface area contributed by atoms with Crippen LogP contribution in [0.25, 0.3) is 22.2 Å². The van der Waals surface area contributed by atoms with E-state index in [1.54, 1.807) is 6.20 Å². The van der Waals surface area contributed by atoms with Crippen LogP contribution >= 0.6 is 0 Å². The molecule has 6 nitrogen and oxygen atoms in total. The highest BCUT2D eigenvalue weighted by atomic mass is 16.5. The van der Waals surface area contributed by atoms with Crippen LogP contribution in [0.3, 0.4) is 0 Å². The smallest absolute Gasteiger partial charge is 0.255 e. The monoisotopic (exact) mass is 447 g/mol. The van der Waals surface area contributed by atoms with Crippen molar-refractivity contribution >= 4 is 16.9 Å². The molecule has 2 aromatic heterocycles. The summed E-state index contributed by atoms with van der Waals surface area (Å²) in [7, 11) is 0. The minimum atomic E-state index is 0.0182. The van der Waals surface area contributed by atoms with Gasteiger partial charge in [-0.05, 0) is 62.1 Å². The minimum Gasteiger partial charge on any atom is -0.461 e. The maximum atomic E-state index is 12.7. The number of fused-ring (bicyclic) bond motifs is 1. The predicted molar refractivity (Wildman–Crippen MR) is 129 cm³/mol. The number of pyridine rings is 1. The van der Waals surface area contributed by atoms with E-state index in [1.807, 2.05) is 29.2 Å². The van der Waals surface area contributed by atoms with Crippen LogP contribution in [0.4, 0.5) is 0 Å². The zero-order valence-corrected chi connectivity index (χ0v) is 19.6. The van der Waals surface area contributed by atoms with Crippen molar-refractivity contribution in [3.63, 3.8) is 0 Å². The summed E-state index contributed by atoms with van der Waals surface area (Å²) >= 11 is 0. The number of benzene rings is 1. The Morgan fingerprint density at radius 3 is 2.73 bits per heavy atom. The van der Waals surface area contributed by atoms with E-state index in [-0.39, 0.29) is 5.91 Å². The topological polar surface area (TPSA) is 58.8 Å². The van der Waals surface area contributed by atoms with Crippen molar-refractivity contribution in [3.8, 4) is 11.3 Å². The molecule has 0 bridgehead atoms. The van der Waals surface area contributed by atoms with E-state index < -0.39 is 0 Å². The van der Waals surface area contributed by atoms with E-state index in [2.05, 4.69) is 35.9 Å². The van der Waals surface area contributed by atoms with Crippen molar-refractivity contribution in [3.05, 3.63) is 53.9 Å². The van der Waals surface area contributed by atoms with Gasteiger partial charge in [-0.2, -0.15) is 0 Å². The number of rotatable bonds is 5. The number of carbonyl (C=O) groups is 1. The van der Waals surface area contributed by atoms with Gasteiger partial charge >= 0.3 is 0 Å². The number of morpholine rings is 1. The van der Waals surface area contributed by atoms with Crippen molar-refractivity contribution in [2.45, 2.75) is 39.2 Å². The van der Waals surface area contributed by atoms with Crippen molar-refractivity contribution in [1.29, 1.82) is 0 Å². The Morgan fingerprint density at radius 2 is 1.94 bits per heavy atom. The van der Waals surface area contributed by atoms with Crippen molar-refractivity contribution < 1.29 is 13.9 Å². The third-order valence-corrected chi connectivity index (χ3v) is 7.06. The molecule has 0 spiro atoms. The molecule has 1 unspecified atom stereocenters. The number of furan rings is 1. The van der Waals surface area contributed by atoms with Gasteiger partial charge in [-0.15, -0.1) is 0 Å². The maximum absolute atomic E-state index is 12.7. The number of nitrogens with zero attached hydrogens (tertiary/aromatic N) is 3. The zero-order chi connectivity index (χ0) is 22.8. The summed E-state index contributed by atoms with van der Waals surface area (Å²) in [6, 6.07) is 12.8. The largest absolute Gasteiger partial charge is 0.461 e. The molecule has 0 radical (unpaired) electrons. The molecule has 1 amide bonds. The van der Waals surface area contributed by atoms with Gasteiger partial charge in [0.25, 0.3) is 5.91 Å². The van der Waals surface area contributed by atoms with Gasteiger partial charge in [0.15, 0.2) is 0 Å². The van der Waals surface area contributed by atoms with Crippen molar-refractivity contribution in [1.82, 2.24) is 14.8 Å².